The second-order valence-corrected chi connectivity index (χ2v) is 5.94. The predicted molar refractivity (Wildman–Crippen MR) is 79.7 cm³/mol. The van der Waals surface area contributed by atoms with Crippen molar-refractivity contribution in [3.63, 3.8) is 0 Å². The number of fused-ring (bicyclic) bond motifs is 1. The summed E-state index contributed by atoms with van der Waals surface area (Å²) in [6.07, 6.45) is -2.78. The van der Waals surface area contributed by atoms with Gasteiger partial charge in [0.15, 0.2) is 0 Å². The Labute approximate surface area is 137 Å². The Kier molecular flexibility index (Phi) is 4.05. The van der Waals surface area contributed by atoms with Gasteiger partial charge in [0.2, 0.25) is 5.82 Å². The molecule has 0 N–H and O–H groups in total. The first-order valence-corrected chi connectivity index (χ1v) is 7.49. The van der Waals surface area contributed by atoms with Gasteiger partial charge in [-0.2, -0.15) is 18.4 Å². The normalized spacial score (nSPS) is 15.2. The number of hydrogen-bond acceptors (Lipinski definition) is 4. The van der Waals surface area contributed by atoms with E-state index in [4.69, 9.17) is 5.26 Å². The molecule has 3 rings (SSSR count). The minimum absolute atomic E-state index is 0.456. The van der Waals surface area contributed by atoms with Gasteiger partial charge in [-0.1, -0.05) is 0 Å². The number of aromatic nitrogens is 3. The van der Waals surface area contributed by atoms with Crippen LogP contribution in [0.25, 0.3) is 0 Å². The van der Waals surface area contributed by atoms with Crippen molar-refractivity contribution in [1.29, 1.82) is 5.26 Å². The number of rotatable bonds is 2. The molecule has 24 heavy (non-hydrogen) atoms. The van der Waals surface area contributed by atoms with Gasteiger partial charge >= 0.3 is 6.18 Å². The van der Waals surface area contributed by atoms with Gasteiger partial charge in [0.1, 0.15) is 11.8 Å². The van der Waals surface area contributed by atoms with E-state index in [1.807, 2.05) is 24.6 Å². The van der Waals surface area contributed by atoms with Gasteiger partial charge in [-0.3, -0.25) is 4.90 Å². The molecule has 126 valence electrons. The van der Waals surface area contributed by atoms with Crippen molar-refractivity contribution >= 4 is 0 Å². The molecule has 2 aromatic heterocycles. The van der Waals surface area contributed by atoms with Crippen LogP contribution in [0, 0.1) is 18.3 Å². The van der Waals surface area contributed by atoms with E-state index in [-0.39, 0.29) is 0 Å². The molecule has 0 aliphatic carbocycles. The number of halogens is 3. The second-order valence-electron chi connectivity index (χ2n) is 5.94. The maximum Gasteiger partial charge on any atom is 0.451 e. The summed E-state index contributed by atoms with van der Waals surface area (Å²) in [6, 6.07) is 4.00. The molecule has 2 aromatic rings. The van der Waals surface area contributed by atoms with Crippen LogP contribution in [0.1, 0.15) is 34.0 Å². The number of nitrogens with zero attached hydrogens (tertiary/aromatic N) is 5. The summed E-state index contributed by atoms with van der Waals surface area (Å²) in [6.45, 7) is 3.72. The molecule has 0 amide bonds. The molecule has 5 nitrogen and oxygen atoms in total. The van der Waals surface area contributed by atoms with Crippen molar-refractivity contribution in [2.45, 2.75) is 32.6 Å². The monoisotopic (exact) mass is 335 g/mol. The van der Waals surface area contributed by atoms with Crippen LogP contribution in [-0.4, -0.2) is 26.0 Å². The molecule has 0 unspecified atom stereocenters. The zero-order valence-corrected chi connectivity index (χ0v) is 13.4. The van der Waals surface area contributed by atoms with E-state index in [1.54, 1.807) is 0 Å². The van der Waals surface area contributed by atoms with E-state index in [1.165, 1.54) is 6.20 Å². The lowest BCUT2D eigenvalue weighted by atomic mass is 10.1. The lowest BCUT2D eigenvalue weighted by molar-refractivity contribution is -0.145. The predicted octanol–water partition coefficient (Wildman–Crippen LogP) is 2.57. The Hall–Kier alpha value is -2.40. The summed E-state index contributed by atoms with van der Waals surface area (Å²) in [7, 11) is 1.84. The molecular weight excluding hydrogens is 319 g/mol. The average molecular weight is 335 g/mol. The smallest absolute Gasteiger partial charge is 0.340 e. The first-order valence-electron chi connectivity index (χ1n) is 7.49. The maximum absolute atomic E-state index is 12.7. The molecule has 0 saturated heterocycles. The fourth-order valence-electron chi connectivity index (χ4n) is 2.92. The molecule has 8 heteroatoms. The van der Waals surface area contributed by atoms with Crippen molar-refractivity contribution in [1.82, 2.24) is 19.4 Å². The lowest BCUT2D eigenvalue weighted by Gasteiger charge is -2.28. The van der Waals surface area contributed by atoms with Gasteiger partial charge in [0, 0.05) is 50.6 Å². The molecule has 0 atom stereocenters. The molecule has 0 aromatic carbocycles. The van der Waals surface area contributed by atoms with Gasteiger partial charge < -0.3 is 4.57 Å². The molecular formula is C16H16F3N5. The van der Waals surface area contributed by atoms with Gasteiger partial charge in [-0.05, 0) is 18.6 Å². The van der Waals surface area contributed by atoms with Crippen LogP contribution in [0.15, 0.2) is 12.3 Å². The highest BCUT2D eigenvalue weighted by Gasteiger charge is 2.35. The third-order valence-electron chi connectivity index (χ3n) is 4.42. The standard InChI is InChI=1S/C16H16F3N5/c1-10-11(5-13(6-20)23(10)2)8-24-4-3-14-12(9-24)7-21-15(22-14)16(17,18)19/h5,7H,3-4,8-9H2,1-2H3. The quantitative estimate of drug-likeness (QED) is 0.846. The van der Waals surface area contributed by atoms with Crippen molar-refractivity contribution in [2.75, 3.05) is 6.54 Å². The van der Waals surface area contributed by atoms with E-state index in [0.717, 1.165) is 16.8 Å². The van der Waals surface area contributed by atoms with Crippen LogP contribution in [0.2, 0.25) is 0 Å². The van der Waals surface area contributed by atoms with Crippen molar-refractivity contribution in [3.8, 4) is 6.07 Å². The Bertz CT molecular complexity index is 816. The topological polar surface area (TPSA) is 57.7 Å². The van der Waals surface area contributed by atoms with Crippen LogP contribution >= 0.6 is 0 Å². The first-order chi connectivity index (χ1) is 11.3. The van der Waals surface area contributed by atoms with Crippen LogP contribution in [0.4, 0.5) is 13.2 Å². The van der Waals surface area contributed by atoms with Gasteiger partial charge in [-0.15, -0.1) is 0 Å². The molecule has 0 fully saturated rings. The minimum Gasteiger partial charge on any atom is -0.340 e. The fraction of sp³-hybridized carbons (Fsp3) is 0.438. The summed E-state index contributed by atoms with van der Waals surface area (Å²) in [5.74, 6) is -1.08. The summed E-state index contributed by atoms with van der Waals surface area (Å²) in [4.78, 5) is 9.24. The van der Waals surface area contributed by atoms with Crippen molar-refractivity contribution in [3.05, 3.63) is 46.3 Å². The minimum atomic E-state index is -4.51. The average Bonchev–Trinajstić information content (AvgIpc) is 2.81. The largest absolute Gasteiger partial charge is 0.451 e. The summed E-state index contributed by atoms with van der Waals surface area (Å²) >= 11 is 0. The SMILES string of the molecule is Cc1c(CN2CCc3nc(C(F)(F)F)ncc3C2)cc(C#N)n1C. The number of alkyl halides is 3. The second kappa shape index (κ2) is 5.91. The van der Waals surface area contributed by atoms with E-state index in [2.05, 4.69) is 20.9 Å². The summed E-state index contributed by atoms with van der Waals surface area (Å²) in [5, 5.41) is 9.09. The fourth-order valence-corrected chi connectivity index (χ4v) is 2.92. The van der Waals surface area contributed by atoms with Crippen LogP contribution in [-0.2, 0) is 32.7 Å². The van der Waals surface area contributed by atoms with Gasteiger partial charge in [0.05, 0.1) is 5.69 Å². The molecule has 0 saturated carbocycles. The third kappa shape index (κ3) is 2.99. The van der Waals surface area contributed by atoms with Gasteiger partial charge in [-0.25, -0.2) is 9.97 Å². The molecule has 0 bridgehead atoms. The van der Waals surface area contributed by atoms with Crippen LogP contribution < -0.4 is 0 Å². The lowest BCUT2D eigenvalue weighted by Crippen LogP contribution is -2.31. The van der Waals surface area contributed by atoms with Crippen LogP contribution in [0.3, 0.4) is 0 Å². The highest BCUT2D eigenvalue weighted by atomic mass is 19.4. The summed E-state index contributed by atoms with van der Waals surface area (Å²) < 4.78 is 39.9. The Morgan fingerprint density at radius 2 is 2.12 bits per heavy atom. The zero-order valence-electron chi connectivity index (χ0n) is 13.4. The zero-order chi connectivity index (χ0) is 17.5. The molecule has 1 aliphatic rings. The molecule has 0 radical (unpaired) electrons. The van der Waals surface area contributed by atoms with Crippen molar-refractivity contribution < 1.29 is 13.2 Å². The van der Waals surface area contributed by atoms with E-state index >= 15 is 0 Å². The Morgan fingerprint density at radius 1 is 1.38 bits per heavy atom. The van der Waals surface area contributed by atoms with E-state index < -0.39 is 12.0 Å². The Balaban J connectivity index is 1.78. The third-order valence-corrected chi connectivity index (χ3v) is 4.42. The summed E-state index contributed by atoms with van der Waals surface area (Å²) in [5.41, 5.74) is 3.85. The van der Waals surface area contributed by atoms with Gasteiger partial charge in [0.25, 0.3) is 0 Å². The van der Waals surface area contributed by atoms with Crippen molar-refractivity contribution in [2.24, 2.45) is 7.05 Å². The highest BCUT2D eigenvalue weighted by Crippen LogP contribution is 2.28. The van der Waals surface area contributed by atoms with E-state index in [9.17, 15) is 13.2 Å². The maximum atomic E-state index is 12.7. The molecule has 1 aliphatic heterocycles. The Morgan fingerprint density at radius 3 is 2.75 bits per heavy atom. The van der Waals surface area contributed by atoms with E-state index in [0.29, 0.717) is 37.4 Å². The highest BCUT2D eigenvalue weighted by molar-refractivity contribution is 5.34. The van der Waals surface area contributed by atoms with Crippen LogP contribution in [0.5, 0.6) is 0 Å². The molecule has 3 heterocycles. The molecule has 0 spiro atoms. The number of hydrogen-bond donors (Lipinski definition) is 0. The number of nitriles is 1. The first kappa shape index (κ1) is 16.5.